The third-order valence-electron chi connectivity index (χ3n) is 8.27. The zero-order valence-electron chi connectivity index (χ0n) is 24.5. The number of hydrogen-bond donors (Lipinski definition) is 0. The Morgan fingerprint density at radius 2 is 1.21 bits per heavy atom. The average molecular weight is 592 g/mol. The van der Waals surface area contributed by atoms with Gasteiger partial charge in [-0.1, -0.05) is 12.1 Å². The van der Waals surface area contributed by atoms with Crippen LogP contribution in [0.3, 0.4) is 0 Å². The van der Waals surface area contributed by atoms with Crippen molar-refractivity contribution in [3.05, 3.63) is 42.5 Å². The van der Waals surface area contributed by atoms with Crippen LogP contribution in [0.15, 0.2) is 46.9 Å². The van der Waals surface area contributed by atoms with E-state index in [1.165, 1.54) is 0 Å². The first-order chi connectivity index (χ1) is 20.9. The lowest BCUT2D eigenvalue weighted by Gasteiger charge is -2.26. The minimum atomic E-state index is -0.400. The molecule has 5 rings (SSSR count). The molecule has 0 radical (unpaired) electrons. The molecule has 10 nitrogen and oxygen atoms in total. The molecule has 0 atom stereocenters. The van der Waals surface area contributed by atoms with Crippen LogP contribution in [0, 0.1) is 23.7 Å². The van der Waals surface area contributed by atoms with Crippen LogP contribution in [-0.2, 0) is 28.7 Å². The summed E-state index contributed by atoms with van der Waals surface area (Å²) in [5, 5.41) is 0. The van der Waals surface area contributed by atoms with Crippen LogP contribution in [0.2, 0.25) is 0 Å². The maximum atomic E-state index is 13.2. The molecule has 0 N–H and O–H groups in total. The van der Waals surface area contributed by atoms with E-state index in [4.69, 9.17) is 23.4 Å². The summed E-state index contributed by atoms with van der Waals surface area (Å²) in [6.45, 7) is 4.23. The first-order valence-corrected chi connectivity index (χ1v) is 15.1. The van der Waals surface area contributed by atoms with Crippen LogP contribution in [0.1, 0.15) is 65.2 Å². The van der Waals surface area contributed by atoms with E-state index < -0.39 is 5.97 Å². The smallest absolute Gasteiger partial charge is 0.314 e. The summed E-state index contributed by atoms with van der Waals surface area (Å²) in [5.74, 6) is -1.57. The number of ether oxygens (including phenoxy) is 4. The number of benzene rings is 2. The molecular formula is C33H37NO9. The van der Waals surface area contributed by atoms with Crippen molar-refractivity contribution in [1.29, 1.82) is 0 Å². The Morgan fingerprint density at radius 1 is 0.698 bits per heavy atom. The van der Waals surface area contributed by atoms with Gasteiger partial charge in [0.15, 0.2) is 5.58 Å². The van der Waals surface area contributed by atoms with E-state index >= 15 is 0 Å². The Kier molecular flexibility index (Phi) is 9.74. The van der Waals surface area contributed by atoms with Crippen molar-refractivity contribution in [2.75, 3.05) is 13.2 Å². The van der Waals surface area contributed by atoms with Crippen molar-refractivity contribution in [3.8, 4) is 23.0 Å². The van der Waals surface area contributed by atoms with Crippen LogP contribution < -0.4 is 9.47 Å². The maximum absolute atomic E-state index is 13.2. The fraction of sp³-hybridized carbons (Fsp3) is 0.485. The van der Waals surface area contributed by atoms with Gasteiger partial charge in [0.2, 0.25) is 5.89 Å². The molecule has 0 amide bonds. The van der Waals surface area contributed by atoms with Gasteiger partial charge in [-0.3, -0.25) is 19.2 Å². The Balaban J connectivity index is 1.30. The fourth-order valence-electron chi connectivity index (χ4n) is 5.86. The number of fused-ring (bicyclic) bond motifs is 1. The molecule has 0 bridgehead atoms. The van der Waals surface area contributed by atoms with Gasteiger partial charge in [0.1, 0.15) is 17.0 Å². The minimum Gasteiger partial charge on any atom is -0.466 e. The van der Waals surface area contributed by atoms with Crippen LogP contribution in [0.25, 0.3) is 22.6 Å². The third kappa shape index (κ3) is 7.24. The van der Waals surface area contributed by atoms with Gasteiger partial charge >= 0.3 is 23.9 Å². The number of carbonyl (C=O) groups is 4. The number of rotatable bonds is 9. The zero-order chi connectivity index (χ0) is 30.3. The third-order valence-corrected chi connectivity index (χ3v) is 8.27. The molecule has 0 saturated heterocycles. The molecule has 228 valence electrons. The SMILES string of the molecule is CCOC(=O)C1CCC(C(=O)Oc2ccc(OC(=O)C3CCC(C(=O)OCC)CC3)c(-c3nc4ccccc4o3)c2)CC1. The van der Waals surface area contributed by atoms with Crippen LogP contribution >= 0.6 is 0 Å². The summed E-state index contributed by atoms with van der Waals surface area (Å²) in [4.78, 5) is 55.0. The van der Waals surface area contributed by atoms with Gasteiger partial charge in [-0.25, -0.2) is 4.98 Å². The first-order valence-electron chi connectivity index (χ1n) is 15.1. The minimum absolute atomic E-state index is 0.191. The second-order valence-corrected chi connectivity index (χ2v) is 11.1. The molecule has 2 saturated carbocycles. The van der Waals surface area contributed by atoms with Gasteiger partial charge in [0.25, 0.3) is 0 Å². The number of para-hydroxylation sites is 2. The number of esters is 4. The summed E-state index contributed by atoms with van der Waals surface area (Å²) in [5.41, 5.74) is 1.57. The molecular weight excluding hydrogens is 554 g/mol. The first kappa shape index (κ1) is 30.3. The summed E-state index contributed by atoms with van der Waals surface area (Å²) in [6.07, 6.45) is 4.39. The Bertz CT molecular complexity index is 1430. The Labute approximate surface area is 250 Å². The lowest BCUT2D eigenvalue weighted by molar-refractivity contribution is -0.151. The predicted molar refractivity (Wildman–Crippen MR) is 155 cm³/mol. The molecule has 1 heterocycles. The van der Waals surface area contributed by atoms with Crippen molar-refractivity contribution < 1.29 is 42.5 Å². The number of carbonyl (C=O) groups excluding carboxylic acids is 4. The summed E-state index contributed by atoms with van der Waals surface area (Å²) < 4.78 is 27.9. The van der Waals surface area contributed by atoms with Gasteiger partial charge in [0.05, 0.1) is 42.4 Å². The number of nitrogens with zero attached hydrogens (tertiary/aromatic N) is 1. The molecule has 2 aliphatic rings. The standard InChI is InChI=1S/C33H37NO9/c1-3-39-30(35)20-9-13-22(14-10-20)32(37)41-24-17-18-27(25(19-24)29-34-26-7-5-6-8-28(26)42-29)43-33(38)23-15-11-21(12-16-23)31(36)40-4-2/h5-8,17-23H,3-4,9-16H2,1-2H3. The van der Waals surface area contributed by atoms with Crippen LogP contribution in [-0.4, -0.2) is 42.1 Å². The molecule has 3 aromatic rings. The molecule has 0 aliphatic heterocycles. The van der Waals surface area contributed by atoms with Gasteiger partial charge in [-0.2, -0.15) is 0 Å². The van der Waals surface area contributed by atoms with Crippen LogP contribution in [0.4, 0.5) is 0 Å². The van der Waals surface area contributed by atoms with Gasteiger partial charge < -0.3 is 23.4 Å². The highest BCUT2D eigenvalue weighted by molar-refractivity contribution is 5.82. The lowest BCUT2D eigenvalue weighted by Crippen LogP contribution is -2.29. The lowest BCUT2D eigenvalue weighted by atomic mass is 9.82. The molecule has 2 aromatic carbocycles. The number of oxazole rings is 1. The Morgan fingerprint density at radius 3 is 1.74 bits per heavy atom. The number of aromatic nitrogens is 1. The molecule has 0 unspecified atom stereocenters. The van der Waals surface area contributed by atoms with Crippen LogP contribution in [0.5, 0.6) is 11.5 Å². The monoisotopic (exact) mass is 591 g/mol. The molecule has 10 heteroatoms. The number of hydrogen-bond acceptors (Lipinski definition) is 10. The van der Waals surface area contributed by atoms with Gasteiger partial charge in [0, 0.05) is 0 Å². The van der Waals surface area contributed by atoms with Crippen molar-refractivity contribution >= 4 is 35.0 Å². The predicted octanol–water partition coefficient (Wildman–Crippen LogP) is 6.04. The second-order valence-electron chi connectivity index (χ2n) is 11.1. The molecule has 0 spiro atoms. The molecule has 2 fully saturated rings. The van der Waals surface area contributed by atoms with E-state index in [1.54, 1.807) is 38.1 Å². The van der Waals surface area contributed by atoms with Crippen molar-refractivity contribution in [1.82, 2.24) is 4.98 Å². The highest BCUT2D eigenvalue weighted by Gasteiger charge is 2.34. The van der Waals surface area contributed by atoms with E-state index in [1.807, 2.05) is 18.2 Å². The van der Waals surface area contributed by atoms with E-state index in [9.17, 15) is 19.2 Å². The Hall–Kier alpha value is -4.21. The summed E-state index contributed by atoms with van der Waals surface area (Å²) >= 11 is 0. The van der Waals surface area contributed by atoms with E-state index in [2.05, 4.69) is 4.98 Å². The highest BCUT2D eigenvalue weighted by Crippen LogP contribution is 2.38. The van der Waals surface area contributed by atoms with Crippen molar-refractivity contribution in [3.63, 3.8) is 0 Å². The summed E-state index contributed by atoms with van der Waals surface area (Å²) in [6, 6.07) is 12.0. The van der Waals surface area contributed by atoms with Crippen molar-refractivity contribution in [2.24, 2.45) is 23.7 Å². The molecule has 43 heavy (non-hydrogen) atoms. The zero-order valence-corrected chi connectivity index (χ0v) is 24.5. The quantitative estimate of drug-likeness (QED) is 0.214. The van der Waals surface area contributed by atoms with Gasteiger partial charge in [-0.15, -0.1) is 0 Å². The van der Waals surface area contributed by atoms with E-state index in [0.717, 1.165) is 0 Å². The topological polar surface area (TPSA) is 131 Å². The van der Waals surface area contributed by atoms with E-state index in [-0.39, 0.29) is 59.0 Å². The normalized spacial score (nSPS) is 22.0. The maximum Gasteiger partial charge on any atom is 0.314 e. The molecule has 2 aliphatic carbocycles. The van der Waals surface area contributed by atoms with E-state index in [0.29, 0.717) is 81.2 Å². The fourth-order valence-corrected chi connectivity index (χ4v) is 5.86. The largest absolute Gasteiger partial charge is 0.466 e. The average Bonchev–Trinajstić information content (AvgIpc) is 3.46. The van der Waals surface area contributed by atoms with Gasteiger partial charge in [-0.05, 0) is 95.5 Å². The second kappa shape index (κ2) is 13.8. The highest BCUT2D eigenvalue weighted by atomic mass is 16.5. The summed E-state index contributed by atoms with van der Waals surface area (Å²) in [7, 11) is 0. The van der Waals surface area contributed by atoms with Crippen molar-refractivity contribution in [2.45, 2.75) is 65.2 Å². The molecule has 1 aromatic heterocycles.